The molecule has 1 N–H and O–H groups in total. The Morgan fingerprint density at radius 3 is 2.62 bits per heavy atom. The largest absolute Gasteiger partial charge is 0.484 e. The maximum atomic E-state index is 12.8. The van der Waals surface area contributed by atoms with E-state index < -0.39 is 5.25 Å². The number of para-hydroxylation sites is 1. The van der Waals surface area contributed by atoms with E-state index in [4.69, 9.17) is 9.15 Å². The van der Waals surface area contributed by atoms with Crippen molar-refractivity contribution in [1.29, 1.82) is 0 Å². The van der Waals surface area contributed by atoms with E-state index in [0.717, 1.165) is 28.1 Å². The van der Waals surface area contributed by atoms with E-state index in [1.54, 1.807) is 6.92 Å². The lowest BCUT2D eigenvalue weighted by molar-refractivity contribution is -0.115. The van der Waals surface area contributed by atoms with Crippen molar-refractivity contribution in [2.45, 2.75) is 30.9 Å². The number of thioether (sulfide) groups is 1. The second-order valence-corrected chi connectivity index (χ2v) is 8.52. The minimum atomic E-state index is -0.426. The molecule has 4 aromatic rings. The highest BCUT2D eigenvalue weighted by Crippen LogP contribution is 2.29. The quantitative estimate of drug-likeness (QED) is 0.348. The van der Waals surface area contributed by atoms with Gasteiger partial charge in [0.05, 0.1) is 5.25 Å². The fourth-order valence-electron chi connectivity index (χ4n) is 3.10. The Bertz CT molecular complexity index is 1190. The van der Waals surface area contributed by atoms with Crippen LogP contribution in [0.4, 0.5) is 5.69 Å². The Morgan fingerprint density at radius 2 is 1.81 bits per heavy atom. The molecule has 0 spiro atoms. The van der Waals surface area contributed by atoms with Crippen molar-refractivity contribution in [2.24, 2.45) is 0 Å². The maximum Gasteiger partial charge on any atom is 0.277 e. The first-order valence-corrected chi connectivity index (χ1v) is 11.1. The fourth-order valence-corrected chi connectivity index (χ4v) is 3.80. The van der Waals surface area contributed by atoms with E-state index in [1.165, 1.54) is 11.8 Å². The molecule has 4 rings (SSSR count). The molecule has 1 amide bonds. The van der Waals surface area contributed by atoms with Gasteiger partial charge in [-0.3, -0.25) is 4.79 Å². The number of nitrogens with zero attached hydrogens (tertiary/aromatic N) is 2. The number of aromatic nitrogens is 2. The van der Waals surface area contributed by atoms with E-state index in [0.29, 0.717) is 11.1 Å². The Morgan fingerprint density at radius 1 is 1.03 bits per heavy atom. The second-order valence-electron chi connectivity index (χ2n) is 7.23. The first kappa shape index (κ1) is 21.6. The number of amides is 1. The van der Waals surface area contributed by atoms with Gasteiger partial charge in [-0.05, 0) is 43.2 Å². The summed E-state index contributed by atoms with van der Waals surface area (Å²) in [5.41, 5.74) is 3.87. The number of anilines is 1. The number of hydrogen-bond acceptors (Lipinski definition) is 6. The van der Waals surface area contributed by atoms with E-state index in [2.05, 4.69) is 15.5 Å². The number of hydrogen-bond donors (Lipinski definition) is 1. The molecule has 0 radical (unpaired) electrons. The van der Waals surface area contributed by atoms with Crippen molar-refractivity contribution in [3.63, 3.8) is 0 Å². The lowest BCUT2D eigenvalue weighted by Gasteiger charge is -2.14. The standard InChI is InChI=1S/C25H23N3O3S/c1-17-9-8-12-20(15-17)30-16-23-27-28-25(31-23)32-18(2)24(29)26-22-14-7-6-13-21(22)19-10-4-3-5-11-19/h3-15,18H,16H2,1-2H3,(H,26,29)/t18-/m1/s1. The van der Waals surface area contributed by atoms with Crippen LogP contribution in [-0.2, 0) is 11.4 Å². The summed E-state index contributed by atoms with van der Waals surface area (Å²) in [6.07, 6.45) is 0. The number of nitrogens with one attached hydrogen (secondary N) is 1. The SMILES string of the molecule is Cc1cccc(OCc2nnc(S[C@H](C)C(=O)Nc3ccccc3-c3ccccc3)o2)c1. The van der Waals surface area contributed by atoms with Crippen molar-refractivity contribution < 1.29 is 13.9 Å². The highest BCUT2D eigenvalue weighted by atomic mass is 32.2. The Hall–Kier alpha value is -3.58. The zero-order valence-electron chi connectivity index (χ0n) is 17.8. The summed E-state index contributed by atoms with van der Waals surface area (Å²) in [4.78, 5) is 12.8. The molecule has 1 aromatic heterocycles. The Labute approximate surface area is 191 Å². The first-order chi connectivity index (χ1) is 15.6. The van der Waals surface area contributed by atoms with Crippen LogP contribution in [0.1, 0.15) is 18.4 Å². The average Bonchev–Trinajstić information content (AvgIpc) is 3.26. The molecule has 0 aliphatic rings. The number of carbonyl (C=O) groups is 1. The minimum absolute atomic E-state index is 0.144. The predicted octanol–water partition coefficient (Wildman–Crippen LogP) is 5.74. The fraction of sp³-hybridized carbons (Fsp3) is 0.160. The molecule has 7 heteroatoms. The summed E-state index contributed by atoms with van der Waals surface area (Å²) in [6.45, 7) is 3.97. The summed E-state index contributed by atoms with van der Waals surface area (Å²) in [7, 11) is 0. The van der Waals surface area contributed by atoms with Crippen LogP contribution in [-0.4, -0.2) is 21.4 Å². The van der Waals surface area contributed by atoms with Gasteiger partial charge in [-0.25, -0.2) is 0 Å². The van der Waals surface area contributed by atoms with Crippen molar-refractivity contribution in [3.05, 3.63) is 90.3 Å². The van der Waals surface area contributed by atoms with Crippen molar-refractivity contribution >= 4 is 23.4 Å². The van der Waals surface area contributed by atoms with Gasteiger partial charge >= 0.3 is 0 Å². The van der Waals surface area contributed by atoms with Gasteiger partial charge in [0.25, 0.3) is 11.1 Å². The lowest BCUT2D eigenvalue weighted by Crippen LogP contribution is -2.22. The van der Waals surface area contributed by atoms with Crippen molar-refractivity contribution in [2.75, 3.05) is 5.32 Å². The van der Waals surface area contributed by atoms with E-state index >= 15 is 0 Å². The van der Waals surface area contributed by atoms with Crippen LogP contribution >= 0.6 is 11.8 Å². The normalized spacial score (nSPS) is 11.7. The molecular formula is C25H23N3O3S. The third-order valence-electron chi connectivity index (χ3n) is 4.72. The van der Waals surface area contributed by atoms with Gasteiger partial charge in [-0.1, -0.05) is 72.4 Å². The molecule has 6 nitrogen and oxygen atoms in total. The minimum Gasteiger partial charge on any atom is -0.484 e. The lowest BCUT2D eigenvalue weighted by atomic mass is 10.0. The number of benzene rings is 3. The van der Waals surface area contributed by atoms with Crippen LogP contribution in [0.15, 0.2) is 88.5 Å². The molecular weight excluding hydrogens is 422 g/mol. The number of carbonyl (C=O) groups excluding carboxylic acids is 1. The van der Waals surface area contributed by atoms with Gasteiger partial charge < -0.3 is 14.5 Å². The van der Waals surface area contributed by atoms with Gasteiger partial charge in [0.2, 0.25) is 5.91 Å². The molecule has 1 heterocycles. The van der Waals surface area contributed by atoms with Crippen LogP contribution in [0.25, 0.3) is 11.1 Å². The summed E-state index contributed by atoms with van der Waals surface area (Å²) in [5, 5.41) is 10.9. The van der Waals surface area contributed by atoms with Crippen LogP contribution in [0, 0.1) is 6.92 Å². The third kappa shape index (κ3) is 5.56. The third-order valence-corrected chi connectivity index (χ3v) is 5.65. The van der Waals surface area contributed by atoms with Gasteiger partial charge in [-0.2, -0.15) is 0 Å². The topological polar surface area (TPSA) is 77.2 Å². The van der Waals surface area contributed by atoms with Crippen LogP contribution in [0.3, 0.4) is 0 Å². The van der Waals surface area contributed by atoms with Crippen LogP contribution in [0.2, 0.25) is 0 Å². The highest BCUT2D eigenvalue weighted by Gasteiger charge is 2.19. The number of aryl methyl sites for hydroxylation is 1. The molecule has 0 bridgehead atoms. The monoisotopic (exact) mass is 445 g/mol. The van der Waals surface area contributed by atoms with E-state index in [-0.39, 0.29) is 12.5 Å². The molecule has 162 valence electrons. The van der Waals surface area contributed by atoms with Gasteiger partial charge in [-0.15, -0.1) is 10.2 Å². The van der Waals surface area contributed by atoms with E-state index in [9.17, 15) is 4.79 Å². The number of rotatable bonds is 8. The van der Waals surface area contributed by atoms with Gasteiger partial charge in [0, 0.05) is 11.3 Å². The van der Waals surface area contributed by atoms with Crippen molar-refractivity contribution in [3.8, 4) is 16.9 Å². The highest BCUT2D eigenvalue weighted by molar-refractivity contribution is 8.00. The second kappa shape index (κ2) is 10.2. The molecule has 0 saturated heterocycles. The molecule has 0 fully saturated rings. The summed E-state index contributed by atoms with van der Waals surface area (Å²) in [6, 6.07) is 25.4. The molecule has 0 saturated carbocycles. The molecule has 1 atom stereocenters. The zero-order chi connectivity index (χ0) is 22.3. The van der Waals surface area contributed by atoms with Gasteiger partial charge in [0.15, 0.2) is 6.61 Å². The number of ether oxygens (including phenoxy) is 1. The summed E-state index contributed by atoms with van der Waals surface area (Å²) >= 11 is 1.21. The zero-order valence-corrected chi connectivity index (χ0v) is 18.6. The molecule has 32 heavy (non-hydrogen) atoms. The molecule has 0 unspecified atom stereocenters. The van der Waals surface area contributed by atoms with Gasteiger partial charge in [0.1, 0.15) is 5.75 Å². The summed E-state index contributed by atoms with van der Waals surface area (Å²) in [5.74, 6) is 0.951. The molecule has 3 aromatic carbocycles. The maximum absolute atomic E-state index is 12.8. The molecule has 0 aliphatic carbocycles. The first-order valence-electron chi connectivity index (χ1n) is 10.2. The van der Waals surface area contributed by atoms with Crippen molar-refractivity contribution in [1.82, 2.24) is 10.2 Å². The predicted molar refractivity (Wildman–Crippen MR) is 126 cm³/mol. The summed E-state index contributed by atoms with van der Waals surface area (Å²) < 4.78 is 11.3. The average molecular weight is 446 g/mol. The Kier molecular flexibility index (Phi) is 6.87. The Balaban J connectivity index is 1.36. The smallest absolute Gasteiger partial charge is 0.277 e. The van der Waals surface area contributed by atoms with Crippen LogP contribution in [0.5, 0.6) is 5.75 Å². The molecule has 0 aliphatic heterocycles. The van der Waals surface area contributed by atoms with Crippen LogP contribution < -0.4 is 10.1 Å². The van der Waals surface area contributed by atoms with E-state index in [1.807, 2.05) is 85.8 Å².